The second-order valence-electron chi connectivity index (χ2n) is 4.78. The van der Waals surface area contributed by atoms with Crippen molar-refractivity contribution in [3.63, 3.8) is 0 Å². The Hall–Kier alpha value is -1.48. The summed E-state index contributed by atoms with van der Waals surface area (Å²) in [5.41, 5.74) is -0.260. The third-order valence-electron chi connectivity index (χ3n) is 2.21. The Labute approximate surface area is 118 Å². The number of hydrogen-bond acceptors (Lipinski definition) is 7. The van der Waals surface area contributed by atoms with Gasteiger partial charge in [-0.05, 0) is 32.3 Å². The van der Waals surface area contributed by atoms with Gasteiger partial charge in [-0.1, -0.05) is 16.3 Å². The lowest BCUT2D eigenvalue weighted by atomic mass is 10.1. The first-order valence-electron chi connectivity index (χ1n) is 5.48. The molecule has 0 saturated carbocycles. The highest BCUT2D eigenvalue weighted by Gasteiger charge is 2.25. The van der Waals surface area contributed by atoms with Crippen LogP contribution in [-0.4, -0.2) is 41.2 Å². The summed E-state index contributed by atoms with van der Waals surface area (Å²) in [6, 6.07) is 0. The molecule has 2 aromatic rings. The molecular weight excluding hydrogens is 286 g/mol. The summed E-state index contributed by atoms with van der Waals surface area (Å²) >= 11 is 2.39. The molecule has 7 nitrogen and oxygen atoms in total. The maximum Gasteiger partial charge on any atom is 0.313 e. The molecule has 1 N–H and O–H groups in total. The van der Waals surface area contributed by atoms with Gasteiger partial charge in [0.2, 0.25) is 0 Å². The van der Waals surface area contributed by atoms with Gasteiger partial charge in [-0.2, -0.15) is 0 Å². The molecule has 9 heteroatoms. The lowest BCUT2D eigenvalue weighted by Crippen LogP contribution is -2.23. The van der Waals surface area contributed by atoms with E-state index in [2.05, 4.69) is 19.8 Å². The van der Waals surface area contributed by atoms with E-state index in [1.165, 1.54) is 11.5 Å². The molecule has 2 heterocycles. The first-order chi connectivity index (χ1) is 8.89. The fourth-order valence-electron chi connectivity index (χ4n) is 1.52. The Morgan fingerprint density at radius 3 is 2.74 bits per heavy atom. The van der Waals surface area contributed by atoms with Crippen molar-refractivity contribution in [1.82, 2.24) is 24.4 Å². The Morgan fingerprint density at radius 1 is 1.47 bits per heavy atom. The van der Waals surface area contributed by atoms with E-state index >= 15 is 0 Å². The van der Waals surface area contributed by atoms with Crippen molar-refractivity contribution in [1.29, 1.82) is 0 Å². The van der Waals surface area contributed by atoms with Crippen LogP contribution in [0.3, 0.4) is 0 Å². The van der Waals surface area contributed by atoms with Crippen molar-refractivity contribution in [2.24, 2.45) is 0 Å². The summed E-state index contributed by atoms with van der Waals surface area (Å²) in [6.07, 6.45) is 1.63. The molecule has 0 saturated heterocycles. The average Bonchev–Trinajstić information content (AvgIpc) is 2.93. The van der Waals surface area contributed by atoms with Crippen LogP contribution in [0.1, 0.15) is 20.8 Å². The zero-order valence-electron chi connectivity index (χ0n) is 10.7. The fraction of sp³-hybridized carbons (Fsp3) is 0.500. The standard InChI is InChI=1S/C10H13N5O2S2/c1-10(2,3)15-8(6-4-11-14-19-6)12-13-9(15)18-5-7(16)17/h4H,5H2,1-3H3,(H,16,17). The van der Waals surface area contributed by atoms with Crippen LogP contribution < -0.4 is 0 Å². The van der Waals surface area contributed by atoms with Crippen molar-refractivity contribution in [3.8, 4) is 10.7 Å². The number of nitrogens with zero attached hydrogens (tertiary/aromatic N) is 5. The van der Waals surface area contributed by atoms with Gasteiger partial charge in [0.1, 0.15) is 4.88 Å². The normalized spacial score (nSPS) is 11.7. The third kappa shape index (κ3) is 3.10. The van der Waals surface area contributed by atoms with E-state index in [1.807, 2.05) is 25.3 Å². The van der Waals surface area contributed by atoms with Gasteiger partial charge in [0.05, 0.1) is 11.9 Å². The predicted octanol–water partition coefficient (Wildman–Crippen LogP) is 1.73. The van der Waals surface area contributed by atoms with Crippen LogP contribution in [0, 0.1) is 0 Å². The quantitative estimate of drug-likeness (QED) is 0.859. The molecule has 102 valence electrons. The molecule has 0 aromatic carbocycles. The minimum atomic E-state index is -0.880. The molecule has 19 heavy (non-hydrogen) atoms. The second-order valence-corrected chi connectivity index (χ2v) is 6.50. The van der Waals surface area contributed by atoms with Crippen LogP contribution in [-0.2, 0) is 10.3 Å². The van der Waals surface area contributed by atoms with Crippen LogP contribution in [0.2, 0.25) is 0 Å². The van der Waals surface area contributed by atoms with E-state index in [9.17, 15) is 4.79 Å². The SMILES string of the molecule is CC(C)(C)n1c(SCC(=O)O)nnc1-c1cnns1. The summed E-state index contributed by atoms with van der Waals surface area (Å²) in [5.74, 6) is -0.264. The van der Waals surface area contributed by atoms with Crippen LogP contribution in [0.15, 0.2) is 11.4 Å². The molecule has 0 aliphatic carbocycles. The smallest absolute Gasteiger partial charge is 0.313 e. The number of rotatable bonds is 4. The van der Waals surface area contributed by atoms with Crippen LogP contribution in [0.25, 0.3) is 10.7 Å². The molecule has 0 bridgehead atoms. The number of aromatic nitrogens is 5. The van der Waals surface area contributed by atoms with E-state index in [0.29, 0.717) is 11.0 Å². The summed E-state index contributed by atoms with van der Waals surface area (Å²) in [4.78, 5) is 11.5. The largest absolute Gasteiger partial charge is 0.481 e. The van der Waals surface area contributed by atoms with Crippen molar-refractivity contribution >= 4 is 29.3 Å². The van der Waals surface area contributed by atoms with Crippen LogP contribution in [0.4, 0.5) is 0 Å². The maximum atomic E-state index is 10.7. The van der Waals surface area contributed by atoms with Crippen LogP contribution >= 0.6 is 23.3 Å². The summed E-state index contributed by atoms with van der Waals surface area (Å²) in [7, 11) is 0. The Kier molecular flexibility index (Phi) is 3.85. The summed E-state index contributed by atoms with van der Waals surface area (Å²) < 4.78 is 5.73. The van der Waals surface area contributed by atoms with Crippen molar-refractivity contribution in [3.05, 3.63) is 6.20 Å². The lowest BCUT2D eigenvalue weighted by molar-refractivity contribution is -0.133. The first kappa shape index (κ1) is 13.9. The van der Waals surface area contributed by atoms with Gasteiger partial charge in [-0.25, -0.2) is 0 Å². The average molecular weight is 299 g/mol. The monoisotopic (exact) mass is 299 g/mol. The van der Waals surface area contributed by atoms with E-state index < -0.39 is 5.97 Å². The topological polar surface area (TPSA) is 93.8 Å². The molecular formula is C10H13N5O2S2. The molecule has 0 amide bonds. The molecule has 0 radical (unpaired) electrons. The number of thioether (sulfide) groups is 1. The second kappa shape index (κ2) is 5.25. The zero-order chi connectivity index (χ0) is 14.0. The van der Waals surface area contributed by atoms with Gasteiger partial charge in [0.25, 0.3) is 0 Å². The summed E-state index contributed by atoms with van der Waals surface area (Å²) in [5, 5.41) is 21.3. The minimum absolute atomic E-state index is 0.0465. The fourth-order valence-corrected chi connectivity index (χ4v) is 2.85. The van der Waals surface area contributed by atoms with E-state index in [1.54, 1.807) is 6.20 Å². The van der Waals surface area contributed by atoms with E-state index in [-0.39, 0.29) is 11.3 Å². The van der Waals surface area contributed by atoms with Crippen molar-refractivity contribution in [2.45, 2.75) is 31.5 Å². The van der Waals surface area contributed by atoms with E-state index in [0.717, 1.165) is 16.6 Å². The molecule has 0 aliphatic rings. The van der Waals surface area contributed by atoms with Gasteiger partial charge < -0.3 is 5.11 Å². The maximum absolute atomic E-state index is 10.7. The van der Waals surface area contributed by atoms with Gasteiger partial charge in [-0.3, -0.25) is 9.36 Å². The molecule has 0 atom stereocenters. The summed E-state index contributed by atoms with van der Waals surface area (Å²) in [6.45, 7) is 6.04. The molecule has 0 aliphatic heterocycles. The Balaban J connectivity index is 2.43. The highest BCUT2D eigenvalue weighted by atomic mass is 32.2. The Bertz CT molecular complexity index is 573. The molecule has 0 unspecified atom stereocenters. The van der Waals surface area contributed by atoms with E-state index in [4.69, 9.17) is 5.11 Å². The minimum Gasteiger partial charge on any atom is -0.481 e. The van der Waals surface area contributed by atoms with Crippen molar-refractivity contribution < 1.29 is 9.90 Å². The number of aliphatic carboxylic acids is 1. The highest BCUT2D eigenvalue weighted by Crippen LogP contribution is 2.31. The number of carbonyl (C=O) groups is 1. The first-order valence-corrected chi connectivity index (χ1v) is 7.23. The predicted molar refractivity (Wildman–Crippen MR) is 72.3 cm³/mol. The molecule has 0 spiro atoms. The molecule has 2 aromatic heterocycles. The molecule has 0 fully saturated rings. The van der Waals surface area contributed by atoms with Crippen LogP contribution in [0.5, 0.6) is 0 Å². The number of hydrogen-bond donors (Lipinski definition) is 1. The number of carboxylic acid groups (broad SMARTS) is 1. The third-order valence-corrected chi connectivity index (χ3v) is 3.78. The van der Waals surface area contributed by atoms with Gasteiger partial charge in [0.15, 0.2) is 11.0 Å². The van der Waals surface area contributed by atoms with Crippen molar-refractivity contribution in [2.75, 3.05) is 5.75 Å². The lowest BCUT2D eigenvalue weighted by Gasteiger charge is -2.23. The molecule has 2 rings (SSSR count). The van der Waals surface area contributed by atoms with Gasteiger partial charge in [-0.15, -0.1) is 15.3 Å². The van der Waals surface area contributed by atoms with Gasteiger partial charge in [0, 0.05) is 5.54 Å². The Morgan fingerprint density at radius 2 is 2.21 bits per heavy atom. The van der Waals surface area contributed by atoms with Gasteiger partial charge >= 0.3 is 5.97 Å². The zero-order valence-corrected chi connectivity index (χ0v) is 12.3. The highest BCUT2D eigenvalue weighted by molar-refractivity contribution is 7.99. The number of carboxylic acids is 1.